The summed E-state index contributed by atoms with van der Waals surface area (Å²) in [4.78, 5) is 10.7. The van der Waals surface area contributed by atoms with Crippen molar-refractivity contribution in [3.05, 3.63) is 33.8 Å². The molecule has 1 rings (SSSR count). The number of hydrogen-bond donors (Lipinski definition) is 0. The molecule has 0 amide bonds. The van der Waals surface area contributed by atoms with E-state index in [9.17, 15) is 4.79 Å². The van der Waals surface area contributed by atoms with Gasteiger partial charge in [-0.1, -0.05) is 39.5 Å². The van der Waals surface area contributed by atoms with Gasteiger partial charge in [-0.15, -0.1) is 0 Å². The molecule has 0 aromatic heterocycles. The van der Waals surface area contributed by atoms with E-state index in [1.165, 1.54) is 17.3 Å². The van der Waals surface area contributed by atoms with Gasteiger partial charge < -0.3 is 0 Å². The third kappa shape index (κ3) is 4.87. The van der Waals surface area contributed by atoms with E-state index in [0.717, 1.165) is 22.2 Å². The van der Waals surface area contributed by atoms with Crippen LogP contribution in [-0.4, -0.2) is 10.9 Å². The van der Waals surface area contributed by atoms with Crippen molar-refractivity contribution in [1.82, 2.24) is 0 Å². The zero-order chi connectivity index (χ0) is 12.0. The van der Waals surface area contributed by atoms with E-state index >= 15 is 0 Å². The fraction of sp³-hybridized carbons (Fsp3) is 0.308. The molecule has 84 valence electrons. The predicted molar refractivity (Wildman–Crippen MR) is 73.5 cm³/mol. The van der Waals surface area contributed by atoms with Gasteiger partial charge in [0, 0.05) is 29.1 Å². The van der Waals surface area contributed by atoms with Gasteiger partial charge in [-0.05, 0) is 30.7 Å². The Labute approximate surface area is 109 Å². The Morgan fingerprint density at radius 2 is 2.25 bits per heavy atom. The van der Waals surface area contributed by atoms with Crippen LogP contribution in [0.3, 0.4) is 0 Å². The molecule has 0 fully saturated rings. The quantitative estimate of drug-likeness (QED) is 0.610. The van der Waals surface area contributed by atoms with Crippen molar-refractivity contribution in [3.8, 4) is 11.8 Å². The van der Waals surface area contributed by atoms with Crippen LogP contribution in [0.4, 0.5) is 0 Å². The number of halogens is 1. The summed E-state index contributed by atoms with van der Waals surface area (Å²) < 4.78 is 1.07. The molecule has 0 saturated heterocycles. The molecule has 0 aliphatic rings. The first kappa shape index (κ1) is 13.3. The maximum absolute atomic E-state index is 10.7. The van der Waals surface area contributed by atoms with Crippen LogP contribution in [-0.2, 0) is 4.79 Å². The molecule has 0 bridgehead atoms. The second kappa shape index (κ2) is 6.78. The monoisotopic (exact) mass is 296 g/mol. The Morgan fingerprint density at radius 1 is 1.50 bits per heavy atom. The third-order valence-electron chi connectivity index (χ3n) is 1.94. The Bertz CT molecular complexity index is 443. The predicted octanol–water partition coefficient (Wildman–Crippen LogP) is 3.78. The van der Waals surface area contributed by atoms with Gasteiger partial charge in [-0.2, -0.15) is 0 Å². The summed E-state index contributed by atoms with van der Waals surface area (Å²) in [5.74, 6) is 6.97. The molecule has 0 unspecified atom stereocenters. The highest BCUT2D eigenvalue weighted by Gasteiger charge is 1.95. The lowest BCUT2D eigenvalue weighted by Crippen LogP contribution is -1.85. The summed E-state index contributed by atoms with van der Waals surface area (Å²) in [5, 5.41) is 0.154. The van der Waals surface area contributed by atoms with E-state index in [-0.39, 0.29) is 5.12 Å². The summed E-state index contributed by atoms with van der Waals surface area (Å²) >= 11 is 4.74. The van der Waals surface area contributed by atoms with Gasteiger partial charge in [-0.3, -0.25) is 4.79 Å². The van der Waals surface area contributed by atoms with Gasteiger partial charge in [0.1, 0.15) is 0 Å². The van der Waals surface area contributed by atoms with Gasteiger partial charge in [0.25, 0.3) is 0 Å². The first-order valence-corrected chi connectivity index (χ1v) is 6.76. The van der Waals surface area contributed by atoms with Crippen LogP contribution < -0.4 is 0 Å². The molecule has 0 heterocycles. The molecule has 0 aliphatic carbocycles. The first-order chi connectivity index (χ1) is 7.59. The minimum Gasteiger partial charge on any atom is -0.288 e. The molecule has 0 radical (unpaired) electrons. The maximum Gasteiger partial charge on any atom is 0.185 e. The average Bonchev–Trinajstić information content (AvgIpc) is 2.20. The van der Waals surface area contributed by atoms with Crippen molar-refractivity contribution in [2.75, 3.05) is 5.75 Å². The summed E-state index contributed by atoms with van der Waals surface area (Å²) in [6.07, 6.45) is 0.750. The number of carbonyl (C=O) groups excluding carboxylic acids is 1. The number of rotatable bonds is 2. The van der Waals surface area contributed by atoms with Gasteiger partial charge in [0.2, 0.25) is 0 Å². The van der Waals surface area contributed by atoms with E-state index < -0.39 is 0 Å². The zero-order valence-corrected chi connectivity index (χ0v) is 11.7. The number of thioether (sulfide) groups is 1. The van der Waals surface area contributed by atoms with Crippen LogP contribution >= 0.6 is 27.7 Å². The lowest BCUT2D eigenvalue weighted by Gasteiger charge is -1.97. The average molecular weight is 297 g/mol. The van der Waals surface area contributed by atoms with Crippen LogP contribution in [0, 0.1) is 18.8 Å². The summed E-state index contributed by atoms with van der Waals surface area (Å²) in [6.45, 7) is 3.62. The van der Waals surface area contributed by atoms with Crippen molar-refractivity contribution in [2.24, 2.45) is 0 Å². The van der Waals surface area contributed by atoms with Crippen molar-refractivity contribution in [2.45, 2.75) is 20.3 Å². The van der Waals surface area contributed by atoms with Crippen LogP contribution in [0.2, 0.25) is 0 Å². The number of carbonyl (C=O) groups is 1. The van der Waals surface area contributed by atoms with Crippen LogP contribution in [0.1, 0.15) is 24.5 Å². The van der Waals surface area contributed by atoms with Crippen molar-refractivity contribution < 1.29 is 4.79 Å². The topological polar surface area (TPSA) is 17.1 Å². The van der Waals surface area contributed by atoms with Crippen LogP contribution in [0.25, 0.3) is 0 Å². The maximum atomic E-state index is 10.7. The molecule has 16 heavy (non-hydrogen) atoms. The Morgan fingerprint density at radius 3 is 2.88 bits per heavy atom. The highest BCUT2D eigenvalue weighted by Crippen LogP contribution is 2.14. The fourth-order valence-electron chi connectivity index (χ4n) is 1.17. The highest BCUT2D eigenvalue weighted by molar-refractivity contribution is 9.10. The lowest BCUT2D eigenvalue weighted by molar-refractivity contribution is -0.109. The second-order valence-electron chi connectivity index (χ2n) is 3.35. The molecule has 1 aromatic rings. The Hall–Kier alpha value is -0.720. The van der Waals surface area contributed by atoms with E-state index in [0.29, 0.717) is 0 Å². The van der Waals surface area contributed by atoms with E-state index in [1.807, 2.05) is 25.1 Å². The van der Waals surface area contributed by atoms with E-state index in [1.54, 1.807) is 6.92 Å². The van der Waals surface area contributed by atoms with Crippen molar-refractivity contribution >= 4 is 32.8 Å². The SMILES string of the molecule is CC(=O)SCCC#Cc1ccc(Br)cc1C. The van der Waals surface area contributed by atoms with Crippen LogP contribution in [0.5, 0.6) is 0 Å². The van der Waals surface area contributed by atoms with Gasteiger partial charge in [0.15, 0.2) is 5.12 Å². The molecular formula is C13H13BrOS. The fourth-order valence-corrected chi connectivity index (χ4v) is 2.14. The molecule has 1 nitrogen and oxygen atoms in total. The third-order valence-corrected chi connectivity index (χ3v) is 3.25. The van der Waals surface area contributed by atoms with Gasteiger partial charge in [-0.25, -0.2) is 0 Å². The van der Waals surface area contributed by atoms with Gasteiger partial charge in [0.05, 0.1) is 0 Å². The Kier molecular flexibility index (Phi) is 5.65. The molecule has 0 aliphatic heterocycles. The standard InChI is InChI=1S/C13H13BrOS/c1-10-9-13(14)7-6-12(10)5-3-4-8-16-11(2)15/h6-7,9H,4,8H2,1-2H3. The molecule has 0 saturated carbocycles. The number of benzene rings is 1. The molecule has 1 aromatic carbocycles. The second-order valence-corrected chi connectivity index (χ2v) is 5.54. The first-order valence-electron chi connectivity index (χ1n) is 4.98. The smallest absolute Gasteiger partial charge is 0.185 e. The van der Waals surface area contributed by atoms with E-state index in [2.05, 4.69) is 27.8 Å². The minimum atomic E-state index is 0.154. The number of hydrogen-bond acceptors (Lipinski definition) is 2. The summed E-state index contributed by atoms with van der Waals surface area (Å²) in [6, 6.07) is 6.04. The van der Waals surface area contributed by atoms with Crippen molar-refractivity contribution in [3.63, 3.8) is 0 Å². The minimum absolute atomic E-state index is 0.154. The zero-order valence-electron chi connectivity index (χ0n) is 9.34. The van der Waals surface area contributed by atoms with Gasteiger partial charge >= 0.3 is 0 Å². The number of aryl methyl sites for hydroxylation is 1. The van der Waals surface area contributed by atoms with Crippen LogP contribution in [0.15, 0.2) is 22.7 Å². The normalized spacial score (nSPS) is 9.44. The van der Waals surface area contributed by atoms with E-state index in [4.69, 9.17) is 0 Å². The summed E-state index contributed by atoms with van der Waals surface area (Å²) in [5.41, 5.74) is 2.22. The molecular weight excluding hydrogens is 284 g/mol. The Balaban J connectivity index is 2.53. The molecule has 0 spiro atoms. The summed E-state index contributed by atoms with van der Waals surface area (Å²) in [7, 11) is 0. The molecule has 0 atom stereocenters. The van der Waals surface area contributed by atoms with Crippen molar-refractivity contribution in [1.29, 1.82) is 0 Å². The lowest BCUT2D eigenvalue weighted by atomic mass is 10.1. The largest absolute Gasteiger partial charge is 0.288 e. The molecule has 0 N–H and O–H groups in total. The highest BCUT2D eigenvalue weighted by atomic mass is 79.9. The molecule has 3 heteroatoms.